The third-order valence-corrected chi connectivity index (χ3v) is 5.95. The van der Waals surface area contributed by atoms with Crippen LogP contribution in [0.1, 0.15) is 18.1 Å². The summed E-state index contributed by atoms with van der Waals surface area (Å²) >= 11 is 7.08. The number of hydrogen-bond donors (Lipinski definition) is 2. The van der Waals surface area contributed by atoms with E-state index in [1.807, 2.05) is 24.5 Å². The lowest BCUT2D eigenvalue weighted by molar-refractivity contribution is -0.120. The minimum atomic E-state index is -0.0500. The van der Waals surface area contributed by atoms with Gasteiger partial charge in [-0.05, 0) is 67.3 Å². The fourth-order valence-corrected chi connectivity index (χ4v) is 4.25. The molecule has 0 bridgehead atoms. The van der Waals surface area contributed by atoms with Crippen LogP contribution < -0.4 is 0 Å². The first-order valence-corrected chi connectivity index (χ1v) is 10.1. The molecule has 0 amide bonds. The first-order valence-electron chi connectivity index (χ1n) is 8.53. The number of hydrogen-bond acceptors (Lipinski definition) is 1. The molecule has 2 heterocycles. The van der Waals surface area contributed by atoms with E-state index < -0.39 is 0 Å². The Bertz CT molecular complexity index is 1030. The van der Waals surface area contributed by atoms with Gasteiger partial charge < -0.3 is 9.97 Å². The van der Waals surface area contributed by atoms with E-state index in [2.05, 4.69) is 66.1 Å². The van der Waals surface area contributed by atoms with E-state index >= 15 is 0 Å². The summed E-state index contributed by atoms with van der Waals surface area (Å²) in [5.74, 6) is 0.171. The molecule has 0 saturated carbocycles. The second kappa shape index (κ2) is 7.05. The number of H-pyrrole nitrogens is 2. The van der Waals surface area contributed by atoms with Crippen molar-refractivity contribution >= 4 is 59.4 Å². The number of benzene rings is 2. The molecule has 0 radical (unpaired) electrons. The van der Waals surface area contributed by atoms with E-state index in [-0.39, 0.29) is 11.7 Å². The van der Waals surface area contributed by atoms with E-state index in [1.165, 1.54) is 21.9 Å². The number of halogens is 2. The molecule has 132 valence electrons. The molecule has 26 heavy (non-hydrogen) atoms. The van der Waals surface area contributed by atoms with Crippen LogP contribution in [0.4, 0.5) is 0 Å². The quantitative estimate of drug-likeness (QED) is 0.358. The molecular weight excluding hydrogens is 456 g/mol. The monoisotopic (exact) mass is 472 g/mol. The van der Waals surface area contributed by atoms with Gasteiger partial charge in [0.05, 0.1) is 0 Å². The van der Waals surface area contributed by atoms with Crippen LogP contribution in [0, 0.1) is 5.92 Å². The molecule has 3 nitrogen and oxygen atoms in total. The van der Waals surface area contributed by atoms with Crippen molar-refractivity contribution in [3.05, 3.63) is 68.9 Å². The number of rotatable bonds is 5. The lowest BCUT2D eigenvalue weighted by Crippen LogP contribution is -2.16. The van der Waals surface area contributed by atoms with Crippen LogP contribution in [0.25, 0.3) is 21.8 Å². The second-order valence-corrected chi connectivity index (χ2v) is 8.55. The van der Waals surface area contributed by atoms with E-state index in [1.54, 1.807) is 6.92 Å². The van der Waals surface area contributed by atoms with Gasteiger partial charge in [-0.2, -0.15) is 0 Å². The Hall–Kier alpha value is -1.85. The van der Waals surface area contributed by atoms with Gasteiger partial charge in [0.2, 0.25) is 0 Å². The summed E-state index contributed by atoms with van der Waals surface area (Å²) in [5.41, 5.74) is 4.56. The van der Waals surface area contributed by atoms with Crippen molar-refractivity contribution in [1.29, 1.82) is 0 Å². The largest absolute Gasteiger partial charge is 0.361 e. The lowest BCUT2D eigenvalue weighted by Gasteiger charge is -2.13. The first-order chi connectivity index (χ1) is 12.5. The summed E-state index contributed by atoms with van der Waals surface area (Å²) in [6, 6.07) is 12.4. The van der Waals surface area contributed by atoms with Gasteiger partial charge in [0.25, 0.3) is 0 Å². The smallest absolute Gasteiger partial charge is 0.133 e. The van der Waals surface area contributed by atoms with Crippen molar-refractivity contribution in [2.75, 3.05) is 0 Å². The molecule has 0 aliphatic rings. The third-order valence-electron chi connectivity index (χ3n) is 4.97. The molecule has 0 fully saturated rings. The Balaban J connectivity index is 1.66. The molecule has 2 aromatic heterocycles. The van der Waals surface area contributed by atoms with Crippen LogP contribution in [0.15, 0.2) is 57.7 Å². The SMILES string of the molecule is CC(=O)C(Cc1c[nH]c2ccc(Br)cc12)Cc1c[nH]c2ccc(Br)cc12. The highest BCUT2D eigenvalue weighted by Gasteiger charge is 2.19. The van der Waals surface area contributed by atoms with Crippen molar-refractivity contribution in [3.63, 3.8) is 0 Å². The molecule has 0 saturated heterocycles. The maximum absolute atomic E-state index is 12.4. The van der Waals surface area contributed by atoms with Gasteiger partial charge in [0.15, 0.2) is 0 Å². The highest BCUT2D eigenvalue weighted by atomic mass is 79.9. The molecule has 0 unspecified atom stereocenters. The maximum atomic E-state index is 12.4. The Kier molecular flexibility index (Phi) is 4.76. The fourth-order valence-electron chi connectivity index (χ4n) is 3.53. The van der Waals surface area contributed by atoms with E-state index in [9.17, 15) is 4.79 Å². The zero-order valence-corrected chi connectivity index (χ0v) is 17.4. The Morgan fingerprint density at radius 1 is 0.885 bits per heavy atom. The van der Waals surface area contributed by atoms with Crippen LogP contribution in [-0.4, -0.2) is 15.8 Å². The van der Waals surface area contributed by atoms with Crippen molar-refractivity contribution in [3.8, 4) is 0 Å². The van der Waals surface area contributed by atoms with Gasteiger partial charge in [-0.1, -0.05) is 31.9 Å². The zero-order chi connectivity index (χ0) is 18.3. The summed E-state index contributed by atoms with van der Waals surface area (Å²) in [6.45, 7) is 1.69. The number of aromatic nitrogens is 2. The zero-order valence-electron chi connectivity index (χ0n) is 14.3. The summed E-state index contributed by atoms with van der Waals surface area (Å²) < 4.78 is 2.10. The molecule has 0 aliphatic carbocycles. The number of aromatic amines is 2. The average Bonchev–Trinajstić information content (AvgIpc) is 3.18. The van der Waals surface area contributed by atoms with Crippen LogP contribution in [0.2, 0.25) is 0 Å². The predicted octanol–water partition coefficient (Wildman–Crippen LogP) is 6.16. The van der Waals surface area contributed by atoms with Crippen LogP contribution >= 0.6 is 31.9 Å². The minimum absolute atomic E-state index is 0.0500. The van der Waals surface area contributed by atoms with Gasteiger partial charge in [-0.25, -0.2) is 0 Å². The van der Waals surface area contributed by atoms with Gasteiger partial charge in [-0.15, -0.1) is 0 Å². The number of fused-ring (bicyclic) bond motifs is 2. The van der Waals surface area contributed by atoms with Gasteiger partial charge >= 0.3 is 0 Å². The van der Waals surface area contributed by atoms with Gasteiger partial charge in [0.1, 0.15) is 5.78 Å². The molecule has 4 rings (SSSR count). The molecule has 2 N–H and O–H groups in total. The maximum Gasteiger partial charge on any atom is 0.133 e. The van der Waals surface area contributed by atoms with E-state index in [0.717, 1.165) is 32.8 Å². The van der Waals surface area contributed by atoms with Crippen molar-refractivity contribution in [1.82, 2.24) is 9.97 Å². The fraction of sp³-hybridized carbons (Fsp3) is 0.190. The van der Waals surface area contributed by atoms with Crippen molar-refractivity contribution in [2.24, 2.45) is 5.92 Å². The normalized spacial score (nSPS) is 11.7. The Morgan fingerprint density at radius 3 is 1.77 bits per heavy atom. The predicted molar refractivity (Wildman–Crippen MR) is 114 cm³/mol. The topological polar surface area (TPSA) is 48.6 Å². The third kappa shape index (κ3) is 3.38. The molecule has 2 aromatic carbocycles. The highest BCUT2D eigenvalue weighted by molar-refractivity contribution is 9.10. The van der Waals surface area contributed by atoms with Crippen LogP contribution in [0.3, 0.4) is 0 Å². The molecule has 0 aliphatic heterocycles. The number of carbonyl (C=O) groups is 1. The van der Waals surface area contributed by atoms with Crippen LogP contribution in [0.5, 0.6) is 0 Å². The lowest BCUT2D eigenvalue weighted by atomic mass is 9.89. The second-order valence-electron chi connectivity index (χ2n) is 6.72. The number of nitrogens with one attached hydrogen (secondary N) is 2. The van der Waals surface area contributed by atoms with Gasteiger partial charge in [0, 0.05) is 49.1 Å². The Labute approximate surface area is 168 Å². The van der Waals surface area contributed by atoms with Gasteiger partial charge in [-0.3, -0.25) is 4.79 Å². The minimum Gasteiger partial charge on any atom is -0.361 e. The Morgan fingerprint density at radius 2 is 1.35 bits per heavy atom. The number of ketones is 1. The van der Waals surface area contributed by atoms with Crippen molar-refractivity contribution < 1.29 is 4.79 Å². The first kappa shape index (κ1) is 17.6. The number of carbonyl (C=O) groups excluding carboxylic acids is 1. The van der Waals surface area contributed by atoms with Crippen LogP contribution in [-0.2, 0) is 17.6 Å². The summed E-state index contributed by atoms with van der Waals surface area (Å²) in [4.78, 5) is 19.0. The molecule has 0 spiro atoms. The summed E-state index contributed by atoms with van der Waals surface area (Å²) in [6.07, 6.45) is 5.51. The molecular formula is C21H18Br2N2O. The standard InChI is InChI=1S/C21H18Br2N2O/c1-12(26)13(6-14-10-24-20-4-2-16(22)8-18(14)20)7-15-11-25-21-5-3-17(23)9-19(15)21/h2-5,8-11,13,24-25H,6-7H2,1H3. The molecule has 5 heteroatoms. The molecule has 4 aromatic rings. The molecule has 0 atom stereocenters. The summed E-state index contributed by atoms with van der Waals surface area (Å²) in [7, 11) is 0. The highest BCUT2D eigenvalue weighted by Crippen LogP contribution is 2.29. The van der Waals surface area contributed by atoms with E-state index in [0.29, 0.717) is 0 Å². The van der Waals surface area contributed by atoms with Crippen molar-refractivity contribution in [2.45, 2.75) is 19.8 Å². The van der Waals surface area contributed by atoms with E-state index in [4.69, 9.17) is 0 Å². The summed E-state index contributed by atoms with van der Waals surface area (Å²) in [5, 5.41) is 2.35. The average molecular weight is 474 g/mol. The number of Topliss-reactive ketones (excluding diaryl/α,β-unsaturated/α-hetero) is 1.